The Kier molecular flexibility index (Phi) is 6.58. The van der Waals surface area contributed by atoms with E-state index in [4.69, 9.17) is 0 Å². The van der Waals surface area contributed by atoms with Gasteiger partial charge in [0, 0.05) is 11.4 Å². The number of thioether (sulfide) groups is 1. The average Bonchev–Trinajstić information content (AvgIpc) is 2.39. The first-order chi connectivity index (χ1) is 9.43. The summed E-state index contributed by atoms with van der Waals surface area (Å²) in [6, 6.07) is 7.72. The maximum Gasteiger partial charge on any atom is 0.321 e. The normalized spacial score (nSPS) is 12.1. The zero-order chi connectivity index (χ0) is 15.1. The lowest BCUT2D eigenvalue weighted by Gasteiger charge is -2.12. The fraction of sp³-hybridized carbons (Fsp3) is 0.467. The molecule has 0 aromatic heterocycles. The van der Waals surface area contributed by atoms with E-state index < -0.39 is 6.03 Å². The molecule has 110 valence electrons. The van der Waals surface area contributed by atoms with E-state index in [1.54, 1.807) is 13.8 Å². The van der Waals surface area contributed by atoms with Gasteiger partial charge in [-0.25, -0.2) is 4.79 Å². The summed E-state index contributed by atoms with van der Waals surface area (Å²) in [5.41, 5.74) is 1.27. The van der Waals surface area contributed by atoms with Crippen LogP contribution in [0, 0.1) is 0 Å². The predicted molar refractivity (Wildman–Crippen MR) is 83.1 cm³/mol. The number of carbonyl (C=O) groups excluding carboxylic acids is 2. The molecule has 0 bridgehead atoms. The number of benzene rings is 1. The molecule has 0 fully saturated rings. The molecule has 3 amide bonds. The highest BCUT2D eigenvalue weighted by molar-refractivity contribution is 8.00. The largest absolute Gasteiger partial charge is 0.338 e. The van der Waals surface area contributed by atoms with Gasteiger partial charge in [-0.2, -0.15) is 0 Å². The Labute approximate surface area is 124 Å². The summed E-state index contributed by atoms with van der Waals surface area (Å²) in [6.45, 7) is 8.38. The van der Waals surface area contributed by atoms with Crippen molar-refractivity contribution >= 4 is 23.7 Å². The number of imide groups is 1. The number of rotatable bonds is 5. The molecule has 1 rings (SSSR count). The first-order valence-electron chi connectivity index (χ1n) is 6.79. The molecule has 1 unspecified atom stereocenters. The summed E-state index contributed by atoms with van der Waals surface area (Å²) >= 11 is 1.44. The lowest BCUT2D eigenvalue weighted by molar-refractivity contribution is -0.119. The lowest BCUT2D eigenvalue weighted by atomic mass is 10.0. The minimum absolute atomic E-state index is 0.283. The van der Waals surface area contributed by atoms with Crippen molar-refractivity contribution in [2.24, 2.45) is 0 Å². The summed E-state index contributed by atoms with van der Waals surface area (Å²) in [4.78, 5) is 24.1. The minimum Gasteiger partial charge on any atom is -0.338 e. The number of carbonyl (C=O) groups is 2. The van der Waals surface area contributed by atoms with Gasteiger partial charge >= 0.3 is 6.03 Å². The van der Waals surface area contributed by atoms with Gasteiger partial charge in [-0.3, -0.25) is 10.1 Å². The number of hydrogen-bond acceptors (Lipinski definition) is 3. The van der Waals surface area contributed by atoms with Crippen molar-refractivity contribution in [3.63, 3.8) is 0 Å². The van der Waals surface area contributed by atoms with Crippen molar-refractivity contribution in [3.05, 3.63) is 29.8 Å². The van der Waals surface area contributed by atoms with Gasteiger partial charge in [0.1, 0.15) is 0 Å². The molecule has 2 N–H and O–H groups in total. The first-order valence-corrected chi connectivity index (χ1v) is 7.67. The van der Waals surface area contributed by atoms with Crippen LogP contribution in [0.4, 0.5) is 4.79 Å². The molecular weight excluding hydrogens is 272 g/mol. The Balaban J connectivity index is 2.54. The Bertz CT molecular complexity index is 457. The fourth-order valence-electron chi connectivity index (χ4n) is 1.61. The Hall–Kier alpha value is -1.49. The van der Waals surface area contributed by atoms with Crippen LogP contribution in [0.2, 0.25) is 0 Å². The molecule has 0 heterocycles. The number of urea groups is 1. The second-order valence-electron chi connectivity index (χ2n) is 4.83. The highest BCUT2D eigenvalue weighted by atomic mass is 32.2. The molecule has 0 aliphatic heterocycles. The monoisotopic (exact) mass is 294 g/mol. The fourth-order valence-corrected chi connectivity index (χ4v) is 2.47. The first kappa shape index (κ1) is 16.6. The van der Waals surface area contributed by atoms with E-state index in [9.17, 15) is 9.59 Å². The quantitative estimate of drug-likeness (QED) is 0.820. The molecule has 0 spiro atoms. The van der Waals surface area contributed by atoms with Crippen molar-refractivity contribution in [2.45, 2.75) is 43.8 Å². The van der Waals surface area contributed by atoms with Crippen LogP contribution in [0.3, 0.4) is 0 Å². The number of amides is 3. The Morgan fingerprint density at radius 1 is 1.15 bits per heavy atom. The minimum atomic E-state index is -0.444. The van der Waals surface area contributed by atoms with Crippen LogP contribution in [0.25, 0.3) is 0 Å². The van der Waals surface area contributed by atoms with Crippen molar-refractivity contribution in [2.75, 3.05) is 6.54 Å². The summed E-state index contributed by atoms with van der Waals surface area (Å²) in [7, 11) is 0. The molecule has 0 aliphatic carbocycles. The van der Waals surface area contributed by atoms with Crippen molar-refractivity contribution in [1.82, 2.24) is 10.6 Å². The molecule has 1 atom stereocenters. The van der Waals surface area contributed by atoms with Gasteiger partial charge in [-0.1, -0.05) is 26.0 Å². The lowest BCUT2D eigenvalue weighted by Crippen LogP contribution is -2.42. The SMILES string of the molecule is CCNC(=O)NC(=O)C(C)Sc1ccc(C(C)C)cc1. The van der Waals surface area contributed by atoms with Crippen LogP contribution < -0.4 is 10.6 Å². The van der Waals surface area contributed by atoms with E-state index in [0.29, 0.717) is 12.5 Å². The van der Waals surface area contributed by atoms with Gasteiger partial charge in [0.15, 0.2) is 0 Å². The number of nitrogens with one attached hydrogen (secondary N) is 2. The Morgan fingerprint density at radius 3 is 2.25 bits per heavy atom. The van der Waals surface area contributed by atoms with Crippen LogP contribution in [0.5, 0.6) is 0 Å². The van der Waals surface area contributed by atoms with Crippen molar-refractivity contribution < 1.29 is 9.59 Å². The topological polar surface area (TPSA) is 58.2 Å². The van der Waals surface area contributed by atoms with Crippen molar-refractivity contribution in [1.29, 1.82) is 0 Å². The third kappa shape index (κ3) is 5.25. The highest BCUT2D eigenvalue weighted by Crippen LogP contribution is 2.25. The molecule has 1 aromatic rings. The van der Waals surface area contributed by atoms with Crippen LogP contribution in [-0.4, -0.2) is 23.7 Å². The van der Waals surface area contributed by atoms with Crippen molar-refractivity contribution in [3.8, 4) is 0 Å². The molecule has 1 aromatic carbocycles. The average molecular weight is 294 g/mol. The highest BCUT2D eigenvalue weighted by Gasteiger charge is 2.16. The van der Waals surface area contributed by atoms with E-state index in [1.807, 2.05) is 12.1 Å². The molecule has 0 saturated carbocycles. The second kappa shape index (κ2) is 7.94. The van der Waals surface area contributed by atoms with Gasteiger partial charge in [0.25, 0.3) is 0 Å². The molecule has 0 aliphatic rings. The standard InChI is InChI=1S/C15H22N2O2S/c1-5-16-15(19)17-14(18)11(4)20-13-8-6-12(7-9-13)10(2)3/h6-11H,5H2,1-4H3,(H2,16,17,18,19). The van der Waals surface area contributed by atoms with E-state index in [1.165, 1.54) is 17.3 Å². The van der Waals surface area contributed by atoms with E-state index >= 15 is 0 Å². The molecule has 5 heteroatoms. The zero-order valence-electron chi connectivity index (χ0n) is 12.4. The summed E-state index contributed by atoms with van der Waals surface area (Å²) < 4.78 is 0. The van der Waals surface area contributed by atoms with Crippen LogP contribution in [-0.2, 0) is 4.79 Å². The smallest absolute Gasteiger partial charge is 0.321 e. The molecular formula is C15H22N2O2S. The third-order valence-electron chi connectivity index (χ3n) is 2.80. The summed E-state index contributed by atoms with van der Waals surface area (Å²) in [5, 5.41) is 4.54. The molecule has 0 saturated heterocycles. The van der Waals surface area contributed by atoms with Crippen LogP contribution in [0.15, 0.2) is 29.2 Å². The van der Waals surface area contributed by atoms with Crippen LogP contribution >= 0.6 is 11.8 Å². The predicted octanol–water partition coefficient (Wildman–Crippen LogP) is 3.14. The van der Waals surface area contributed by atoms with E-state index in [2.05, 4.69) is 36.6 Å². The Morgan fingerprint density at radius 2 is 1.75 bits per heavy atom. The number of hydrogen-bond donors (Lipinski definition) is 2. The summed E-state index contributed by atoms with van der Waals surface area (Å²) in [6.07, 6.45) is 0. The van der Waals surface area contributed by atoms with E-state index in [0.717, 1.165) is 4.90 Å². The third-order valence-corrected chi connectivity index (χ3v) is 3.91. The van der Waals surface area contributed by atoms with Gasteiger partial charge in [0.05, 0.1) is 5.25 Å². The van der Waals surface area contributed by atoms with Gasteiger partial charge in [-0.05, 0) is 37.5 Å². The molecule has 4 nitrogen and oxygen atoms in total. The second-order valence-corrected chi connectivity index (χ2v) is 6.25. The summed E-state index contributed by atoms with van der Waals surface area (Å²) in [5.74, 6) is 0.210. The van der Waals surface area contributed by atoms with E-state index in [-0.39, 0.29) is 11.2 Å². The van der Waals surface area contributed by atoms with Crippen LogP contribution in [0.1, 0.15) is 39.2 Å². The maximum absolute atomic E-state index is 11.8. The maximum atomic E-state index is 11.8. The van der Waals surface area contributed by atoms with Gasteiger partial charge < -0.3 is 5.32 Å². The zero-order valence-corrected chi connectivity index (χ0v) is 13.2. The van der Waals surface area contributed by atoms with Gasteiger partial charge in [0.2, 0.25) is 5.91 Å². The van der Waals surface area contributed by atoms with Gasteiger partial charge in [-0.15, -0.1) is 11.8 Å². The molecule has 0 radical (unpaired) electrons. The molecule has 20 heavy (non-hydrogen) atoms.